The van der Waals surface area contributed by atoms with Crippen LogP contribution in [0.3, 0.4) is 0 Å². The number of likely N-dealkylation sites (N-methyl/N-ethyl adjacent to an activating group) is 1. The normalized spacial score (nSPS) is 12.7. The zero-order chi connectivity index (χ0) is 15.5. The number of hydrogen-bond donors (Lipinski definition) is 0. The molecule has 0 unspecified atom stereocenters. The molecule has 1 aromatic carbocycles. The van der Waals surface area contributed by atoms with E-state index in [1.165, 1.54) is 16.3 Å². The van der Waals surface area contributed by atoms with Gasteiger partial charge in [-0.2, -0.15) is 0 Å². The summed E-state index contributed by atoms with van der Waals surface area (Å²) in [4.78, 5) is 13.1. The number of hydrogen-bond acceptors (Lipinski definition) is 4. The van der Waals surface area contributed by atoms with Crippen molar-refractivity contribution in [3.05, 3.63) is 24.3 Å². The first-order chi connectivity index (χ1) is 9.12. The first-order valence-electron chi connectivity index (χ1n) is 6.04. The van der Waals surface area contributed by atoms with Gasteiger partial charge in [0.1, 0.15) is 5.75 Å². The average Bonchev–Trinajstić information content (AvgIpc) is 2.36. The Hall–Kier alpha value is -1.76. The number of nitrogens with zero attached hydrogens (tertiary/aromatic N) is 2. The molecule has 0 heterocycles. The van der Waals surface area contributed by atoms with E-state index in [0.717, 1.165) is 6.26 Å². The summed E-state index contributed by atoms with van der Waals surface area (Å²) in [5.74, 6) is 0.376. The van der Waals surface area contributed by atoms with Crippen LogP contribution in [0.5, 0.6) is 5.75 Å². The summed E-state index contributed by atoms with van der Waals surface area (Å²) in [6, 6.07) is 6.53. The van der Waals surface area contributed by atoms with Gasteiger partial charge in [-0.15, -0.1) is 0 Å². The largest absolute Gasteiger partial charge is 0.481 e. The second-order valence-corrected chi connectivity index (χ2v) is 6.73. The van der Waals surface area contributed by atoms with Crippen molar-refractivity contribution < 1.29 is 17.9 Å². The number of carbonyl (C=O) groups excluding carboxylic acids is 1. The van der Waals surface area contributed by atoms with Crippen molar-refractivity contribution in [2.45, 2.75) is 13.0 Å². The number of benzene rings is 1. The van der Waals surface area contributed by atoms with Crippen molar-refractivity contribution >= 4 is 21.6 Å². The fourth-order valence-corrected chi connectivity index (χ4v) is 2.05. The van der Waals surface area contributed by atoms with Crippen LogP contribution >= 0.6 is 0 Å². The monoisotopic (exact) mass is 300 g/mol. The van der Waals surface area contributed by atoms with Crippen molar-refractivity contribution in [2.24, 2.45) is 0 Å². The van der Waals surface area contributed by atoms with Crippen LogP contribution in [-0.2, 0) is 14.8 Å². The predicted octanol–water partition coefficient (Wildman–Crippen LogP) is 0.938. The summed E-state index contributed by atoms with van der Waals surface area (Å²) in [6.07, 6.45) is 0.540. The molecule has 6 nitrogen and oxygen atoms in total. The van der Waals surface area contributed by atoms with Crippen LogP contribution in [-0.4, -0.2) is 52.7 Å². The van der Waals surface area contributed by atoms with E-state index in [9.17, 15) is 13.2 Å². The maximum absolute atomic E-state index is 11.7. The van der Waals surface area contributed by atoms with Crippen molar-refractivity contribution in [3.63, 3.8) is 0 Å². The number of carbonyl (C=O) groups is 1. The summed E-state index contributed by atoms with van der Waals surface area (Å²) in [5, 5.41) is 0. The van der Waals surface area contributed by atoms with Gasteiger partial charge in [0.2, 0.25) is 10.0 Å². The summed E-state index contributed by atoms with van der Waals surface area (Å²) in [5.41, 5.74) is 0.534. The molecule has 0 aliphatic heterocycles. The van der Waals surface area contributed by atoms with E-state index in [-0.39, 0.29) is 5.91 Å². The molecule has 0 fully saturated rings. The Bertz CT molecular complexity index is 567. The Morgan fingerprint density at radius 2 is 1.65 bits per heavy atom. The van der Waals surface area contributed by atoms with Crippen LogP contribution < -0.4 is 9.04 Å². The van der Waals surface area contributed by atoms with Crippen molar-refractivity contribution in [1.82, 2.24) is 4.90 Å². The van der Waals surface area contributed by atoms with Crippen molar-refractivity contribution in [1.29, 1.82) is 0 Å². The number of rotatable bonds is 5. The van der Waals surface area contributed by atoms with Gasteiger partial charge in [-0.3, -0.25) is 9.10 Å². The van der Waals surface area contributed by atoms with Gasteiger partial charge in [-0.05, 0) is 31.2 Å². The summed E-state index contributed by atoms with van der Waals surface area (Å²) in [6.45, 7) is 1.67. The minimum Gasteiger partial charge on any atom is -0.481 e. The molecule has 112 valence electrons. The molecule has 0 saturated heterocycles. The Morgan fingerprint density at radius 3 is 2.05 bits per heavy atom. The maximum atomic E-state index is 11.7. The van der Waals surface area contributed by atoms with Crippen LogP contribution in [0.1, 0.15) is 6.92 Å². The second-order valence-electron chi connectivity index (χ2n) is 4.72. The summed E-state index contributed by atoms with van der Waals surface area (Å²) >= 11 is 0. The predicted molar refractivity (Wildman–Crippen MR) is 78.5 cm³/mol. The van der Waals surface area contributed by atoms with Crippen LogP contribution in [0.25, 0.3) is 0 Å². The van der Waals surface area contributed by atoms with E-state index in [1.54, 1.807) is 45.3 Å². The van der Waals surface area contributed by atoms with E-state index in [2.05, 4.69) is 0 Å². The molecule has 0 saturated carbocycles. The van der Waals surface area contributed by atoms with Crippen LogP contribution in [0.15, 0.2) is 24.3 Å². The molecule has 0 aliphatic rings. The zero-order valence-corrected chi connectivity index (χ0v) is 13.1. The lowest BCUT2D eigenvalue weighted by atomic mass is 10.3. The van der Waals surface area contributed by atoms with Crippen LogP contribution in [0.4, 0.5) is 5.69 Å². The fourth-order valence-electron chi connectivity index (χ4n) is 1.54. The van der Waals surface area contributed by atoms with Gasteiger partial charge in [-0.1, -0.05) is 0 Å². The number of amides is 1. The van der Waals surface area contributed by atoms with Gasteiger partial charge >= 0.3 is 0 Å². The van der Waals surface area contributed by atoms with Gasteiger partial charge < -0.3 is 9.64 Å². The topological polar surface area (TPSA) is 66.9 Å². The highest BCUT2D eigenvalue weighted by Gasteiger charge is 2.17. The zero-order valence-electron chi connectivity index (χ0n) is 12.3. The molecule has 0 radical (unpaired) electrons. The first kappa shape index (κ1) is 16.3. The van der Waals surface area contributed by atoms with Gasteiger partial charge in [-0.25, -0.2) is 8.42 Å². The van der Waals surface area contributed by atoms with Gasteiger partial charge in [0.25, 0.3) is 5.91 Å². The Kier molecular flexibility index (Phi) is 4.99. The molecule has 1 aromatic rings. The van der Waals surface area contributed by atoms with Crippen molar-refractivity contribution in [2.75, 3.05) is 31.7 Å². The minimum absolute atomic E-state index is 0.137. The molecule has 0 aromatic heterocycles. The van der Waals surface area contributed by atoms with E-state index in [0.29, 0.717) is 11.4 Å². The molecule has 0 aliphatic carbocycles. The number of anilines is 1. The highest BCUT2D eigenvalue weighted by molar-refractivity contribution is 7.92. The Balaban J connectivity index is 2.80. The Morgan fingerprint density at radius 1 is 1.15 bits per heavy atom. The van der Waals surface area contributed by atoms with E-state index >= 15 is 0 Å². The quantitative estimate of drug-likeness (QED) is 0.811. The highest BCUT2D eigenvalue weighted by Crippen LogP contribution is 2.21. The first-order valence-corrected chi connectivity index (χ1v) is 7.89. The lowest BCUT2D eigenvalue weighted by Crippen LogP contribution is -2.35. The van der Waals surface area contributed by atoms with Gasteiger partial charge in [0.05, 0.1) is 11.9 Å². The third-order valence-corrected chi connectivity index (χ3v) is 4.00. The molecule has 0 bridgehead atoms. The van der Waals surface area contributed by atoms with E-state index in [4.69, 9.17) is 4.74 Å². The van der Waals surface area contributed by atoms with E-state index in [1.807, 2.05) is 0 Å². The van der Waals surface area contributed by atoms with Crippen molar-refractivity contribution in [3.8, 4) is 5.75 Å². The molecular formula is C13H20N2O4S. The Labute approximate surface area is 120 Å². The molecular weight excluding hydrogens is 280 g/mol. The smallest absolute Gasteiger partial charge is 0.262 e. The highest BCUT2D eigenvalue weighted by atomic mass is 32.2. The molecule has 7 heteroatoms. The molecule has 1 atom stereocenters. The molecule has 1 amide bonds. The third kappa shape index (κ3) is 4.12. The minimum atomic E-state index is -3.28. The third-order valence-electron chi connectivity index (χ3n) is 2.80. The molecule has 0 N–H and O–H groups in total. The maximum Gasteiger partial charge on any atom is 0.262 e. The second kappa shape index (κ2) is 6.13. The summed E-state index contributed by atoms with van der Waals surface area (Å²) in [7, 11) is 1.51. The number of sulfonamides is 1. The fraction of sp³-hybridized carbons (Fsp3) is 0.462. The van der Waals surface area contributed by atoms with Crippen LogP contribution in [0.2, 0.25) is 0 Å². The average molecular weight is 300 g/mol. The molecule has 1 rings (SSSR count). The SMILES string of the molecule is C[C@H](Oc1ccc(N(C)S(C)(=O)=O)cc1)C(=O)N(C)C. The lowest BCUT2D eigenvalue weighted by Gasteiger charge is -2.19. The van der Waals surface area contributed by atoms with Gasteiger partial charge in [0, 0.05) is 21.1 Å². The van der Waals surface area contributed by atoms with Crippen LogP contribution in [0, 0.1) is 0 Å². The number of ether oxygens (including phenoxy) is 1. The lowest BCUT2D eigenvalue weighted by molar-refractivity contribution is -0.135. The molecule has 20 heavy (non-hydrogen) atoms. The molecule has 0 spiro atoms. The van der Waals surface area contributed by atoms with E-state index < -0.39 is 16.1 Å². The summed E-state index contributed by atoms with van der Waals surface area (Å²) < 4.78 is 29.5. The van der Waals surface area contributed by atoms with Gasteiger partial charge in [0.15, 0.2) is 6.10 Å². The standard InChI is InChI=1S/C13H20N2O4S/c1-10(13(16)14(2)3)19-12-8-6-11(7-9-12)15(4)20(5,17)18/h6-10H,1-5H3/t10-/m0/s1.